The number of pyridine rings is 1. The lowest BCUT2D eigenvalue weighted by atomic mass is 10.0. The van der Waals surface area contributed by atoms with E-state index in [1.54, 1.807) is 0 Å². The molecule has 9 heteroatoms. The molecule has 158 valence electrons. The molecule has 0 saturated heterocycles. The van der Waals surface area contributed by atoms with Crippen LogP contribution in [0, 0.1) is 10.1 Å². The maximum atomic E-state index is 11.4. The molecule has 0 atom stereocenters. The first kappa shape index (κ1) is 20.0. The molecule has 5 rings (SSSR count). The summed E-state index contributed by atoms with van der Waals surface area (Å²) in [5.74, 6) is 1.30. The van der Waals surface area contributed by atoms with Crippen molar-refractivity contribution in [1.29, 1.82) is 0 Å². The van der Waals surface area contributed by atoms with Crippen molar-refractivity contribution in [3.8, 4) is 22.6 Å². The minimum atomic E-state index is -0.483. The van der Waals surface area contributed by atoms with Gasteiger partial charge in [-0.1, -0.05) is 46.3 Å². The van der Waals surface area contributed by atoms with E-state index in [9.17, 15) is 10.1 Å². The van der Waals surface area contributed by atoms with Gasteiger partial charge < -0.3 is 9.47 Å². The van der Waals surface area contributed by atoms with Crippen molar-refractivity contribution in [2.75, 3.05) is 12.2 Å². The van der Waals surface area contributed by atoms with E-state index in [-0.39, 0.29) is 12.5 Å². The predicted octanol–water partition coefficient (Wildman–Crippen LogP) is 5.75. The van der Waals surface area contributed by atoms with Gasteiger partial charge in [-0.3, -0.25) is 15.5 Å². The Balaban J connectivity index is 1.51. The molecule has 0 radical (unpaired) electrons. The molecule has 0 aliphatic carbocycles. The van der Waals surface area contributed by atoms with Crippen LogP contribution < -0.4 is 14.9 Å². The van der Waals surface area contributed by atoms with Gasteiger partial charge >= 0.3 is 0 Å². The minimum absolute atomic E-state index is 0.0325. The molecule has 0 unspecified atom stereocenters. The van der Waals surface area contributed by atoms with Gasteiger partial charge in [0.05, 0.1) is 28.3 Å². The number of hydrazone groups is 1. The maximum absolute atomic E-state index is 11.4. The third kappa shape index (κ3) is 3.85. The summed E-state index contributed by atoms with van der Waals surface area (Å²) in [5.41, 5.74) is 5.88. The van der Waals surface area contributed by atoms with Gasteiger partial charge in [0.2, 0.25) is 6.79 Å². The van der Waals surface area contributed by atoms with Crippen molar-refractivity contribution in [1.82, 2.24) is 4.98 Å². The lowest BCUT2D eigenvalue weighted by Crippen LogP contribution is -1.98. The van der Waals surface area contributed by atoms with Gasteiger partial charge in [-0.05, 0) is 41.5 Å². The van der Waals surface area contributed by atoms with Crippen LogP contribution in [-0.2, 0) is 0 Å². The van der Waals surface area contributed by atoms with Crippen molar-refractivity contribution in [3.63, 3.8) is 0 Å². The van der Waals surface area contributed by atoms with Crippen LogP contribution in [0.5, 0.6) is 11.5 Å². The standard InChI is InChI=1S/C23H15BrN4O4/c24-16-6-7-19-18(9-16)17(14-4-2-1-3-5-14)10-23(26-19)27-25-12-15-8-21-22(32-13-31-21)11-20(15)28(29)30/h1-12H,13H2,(H,26,27)/b25-12-. The monoisotopic (exact) mass is 490 g/mol. The second-order valence-electron chi connectivity index (χ2n) is 6.97. The molecule has 1 aliphatic rings. The number of rotatable bonds is 5. The number of fused-ring (bicyclic) bond motifs is 2. The van der Waals surface area contributed by atoms with Gasteiger partial charge in [0, 0.05) is 9.86 Å². The van der Waals surface area contributed by atoms with Crippen LogP contribution in [0.15, 0.2) is 76.3 Å². The van der Waals surface area contributed by atoms with Crippen molar-refractivity contribution in [2.24, 2.45) is 5.10 Å². The van der Waals surface area contributed by atoms with Crippen molar-refractivity contribution >= 4 is 44.6 Å². The highest BCUT2D eigenvalue weighted by molar-refractivity contribution is 9.10. The van der Waals surface area contributed by atoms with Crippen LogP contribution >= 0.6 is 15.9 Å². The molecule has 3 aromatic carbocycles. The van der Waals surface area contributed by atoms with E-state index in [1.807, 2.05) is 54.6 Å². The highest BCUT2D eigenvalue weighted by Gasteiger charge is 2.22. The first-order chi connectivity index (χ1) is 15.6. The Labute approximate surface area is 190 Å². The Morgan fingerprint density at radius 1 is 1.06 bits per heavy atom. The van der Waals surface area contributed by atoms with Gasteiger partial charge in [-0.25, -0.2) is 4.98 Å². The number of benzene rings is 3. The molecule has 0 spiro atoms. The van der Waals surface area contributed by atoms with E-state index in [4.69, 9.17) is 9.47 Å². The topological polar surface area (TPSA) is 98.9 Å². The maximum Gasteiger partial charge on any atom is 0.282 e. The Hall–Kier alpha value is -3.98. The average Bonchev–Trinajstić information content (AvgIpc) is 3.26. The normalized spacial score (nSPS) is 12.4. The van der Waals surface area contributed by atoms with Crippen molar-refractivity contribution in [3.05, 3.63) is 86.9 Å². The molecule has 1 N–H and O–H groups in total. The smallest absolute Gasteiger partial charge is 0.282 e. The molecular formula is C23H15BrN4O4. The van der Waals surface area contributed by atoms with Crippen molar-refractivity contribution in [2.45, 2.75) is 0 Å². The largest absolute Gasteiger partial charge is 0.454 e. The van der Waals surface area contributed by atoms with Gasteiger partial charge in [-0.2, -0.15) is 5.10 Å². The van der Waals surface area contributed by atoms with Gasteiger partial charge in [0.15, 0.2) is 11.5 Å². The van der Waals surface area contributed by atoms with Gasteiger partial charge in [0.25, 0.3) is 5.69 Å². The molecule has 0 bridgehead atoms. The summed E-state index contributed by atoms with van der Waals surface area (Å²) in [4.78, 5) is 15.6. The zero-order valence-electron chi connectivity index (χ0n) is 16.5. The van der Waals surface area contributed by atoms with E-state index in [2.05, 4.69) is 31.4 Å². The Morgan fingerprint density at radius 2 is 1.84 bits per heavy atom. The number of hydrogen-bond acceptors (Lipinski definition) is 7. The molecule has 8 nitrogen and oxygen atoms in total. The average molecular weight is 491 g/mol. The van der Waals surface area contributed by atoms with E-state index >= 15 is 0 Å². The number of hydrogen-bond donors (Lipinski definition) is 1. The summed E-state index contributed by atoms with van der Waals surface area (Å²) >= 11 is 3.52. The highest BCUT2D eigenvalue weighted by atomic mass is 79.9. The first-order valence-corrected chi connectivity index (χ1v) is 10.4. The Morgan fingerprint density at radius 3 is 2.62 bits per heavy atom. The second kappa shape index (κ2) is 8.27. The molecule has 1 aliphatic heterocycles. The number of anilines is 1. The van der Waals surface area contributed by atoms with Crippen LogP contribution in [0.25, 0.3) is 22.0 Å². The summed E-state index contributed by atoms with van der Waals surface area (Å²) in [5, 5.41) is 16.6. The predicted molar refractivity (Wildman–Crippen MR) is 125 cm³/mol. The molecule has 1 aromatic heterocycles. The number of nitrogens with zero attached hydrogens (tertiary/aromatic N) is 3. The fourth-order valence-corrected chi connectivity index (χ4v) is 3.85. The van der Waals surface area contributed by atoms with E-state index in [1.165, 1.54) is 18.3 Å². The van der Waals surface area contributed by atoms with Crippen LogP contribution in [0.2, 0.25) is 0 Å². The molecule has 32 heavy (non-hydrogen) atoms. The number of aromatic nitrogens is 1. The fourth-order valence-electron chi connectivity index (χ4n) is 3.49. The first-order valence-electron chi connectivity index (χ1n) is 9.61. The van der Waals surface area contributed by atoms with Crippen molar-refractivity contribution < 1.29 is 14.4 Å². The molecule has 2 heterocycles. The number of ether oxygens (including phenoxy) is 2. The summed E-state index contributed by atoms with van der Waals surface area (Å²) in [7, 11) is 0. The summed E-state index contributed by atoms with van der Waals surface area (Å²) in [6.07, 6.45) is 1.37. The second-order valence-corrected chi connectivity index (χ2v) is 7.89. The van der Waals surface area contributed by atoms with Gasteiger partial charge in [-0.15, -0.1) is 0 Å². The fraction of sp³-hybridized carbons (Fsp3) is 0.0435. The quantitative estimate of drug-likeness (QED) is 0.217. The zero-order valence-corrected chi connectivity index (χ0v) is 18.1. The van der Waals surface area contributed by atoms with Crippen LogP contribution in [0.3, 0.4) is 0 Å². The van der Waals surface area contributed by atoms with Crippen LogP contribution in [-0.4, -0.2) is 22.9 Å². The molecule has 0 saturated carbocycles. The summed E-state index contributed by atoms with van der Waals surface area (Å²) in [6.45, 7) is 0.0325. The summed E-state index contributed by atoms with van der Waals surface area (Å²) < 4.78 is 11.5. The molecule has 0 amide bonds. The molecule has 4 aromatic rings. The lowest BCUT2D eigenvalue weighted by molar-refractivity contribution is -0.385. The number of nitro groups is 1. The van der Waals surface area contributed by atoms with Crippen LogP contribution in [0.4, 0.5) is 11.5 Å². The third-order valence-corrected chi connectivity index (χ3v) is 5.45. The number of nitro benzene ring substituents is 1. The van der Waals surface area contributed by atoms with E-state index in [0.717, 1.165) is 26.5 Å². The number of halogens is 1. The minimum Gasteiger partial charge on any atom is -0.454 e. The van der Waals surface area contributed by atoms with Gasteiger partial charge in [0.1, 0.15) is 5.82 Å². The summed E-state index contributed by atoms with van der Waals surface area (Å²) in [6, 6.07) is 20.6. The van der Waals surface area contributed by atoms with Crippen LogP contribution in [0.1, 0.15) is 5.56 Å². The van der Waals surface area contributed by atoms with E-state index in [0.29, 0.717) is 22.9 Å². The Bertz CT molecular complexity index is 1380. The van der Waals surface area contributed by atoms with E-state index < -0.39 is 4.92 Å². The Kier molecular flexibility index (Phi) is 5.16. The SMILES string of the molecule is O=[N+]([O-])c1cc2c(cc1/C=N\Nc1cc(-c3ccccc3)c3cc(Br)ccc3n1)OCO2. The number of nitrogens with one attached hydrogen (secondary N) is 1. The highest BCUT2D eigenvalue weighted by Crippen LogP contribution is 2.37. The zero-order chi connectivity index (χ0) is 22.1. The lowest BCUT2D eigenvalue weighted by Gasteiger charge is -2.10. The molecule has 0 fully saturated rings. The third-order valence-electron chi connectivity index (χ3n) is 4.96. The molecular weight excluding hydrogens is 476 g/mol.